The Bertz CT molecular complexity index is 276. The van der Waals surface area contributed by atoms with E-state index in [1.54, 1.807) is 6.08 Å². The molecular weight excluding hydrogens is 184 g/mol. The largest absolute Gasteiger partial charge is 0.295 e. The molecule has 0 saturated carbocycles. The van der Waals surface area contributed by atoms with Crippen LogP contribution in [0, 0.1) is 0 Å². The van der Waals surface area contributed by atoms with Crippen LogP contribution in [0.4, 0.5) is 0 Å². The molecule has 1 nitrogen and oxygen atoms in total. The minimum atomic E-state index is 0.202. The zero-order valence-electron chi connectivity index (χ0n) is 10.3. The summed E-state index contributed by atoms with van der Waals surface area (Å²) in [4.78, 5) is 11.3. The lowest BCUT2D eigenvalue weighted by Crippen LogP contribution is -1.90. The van der Waals surface area contributed by atoms with Gasteiger partial charge in [-0.15, -0.1) is 0 Å². The van der Waals surface area contributed by atoms with Gasteiger partial charge in [-0.1, -0.05) is 36.3 Å². The molecule has 15 heavy (non-hydrogen) atoms. The highest BCUT2D eigenvalue weighted by molar-refractivity contribution is 5.89. The second-order valence-corrected chi connectivity index (χ2v) is 4.01. The van der Waals surface area contributed by atoms with Crippen molar-refractivity contribution in [3.05, 3.63) is 35.5 Å². The molecule has 0 spiro atoms. The fourth-order valence-corrected chi connectivity index (χ4v) is 1.02. The highest BCUT2D eigenvalue weighted by atomic mass is 16.1. The van der Waals surface area contributed by atoms with E-state index in [-0.39, 0.29) is 5.78 Å². The third kappa shape index (κ3) is 9.20. The summed E-state index contributed by atoms with van der Waals surface area (Å²) in [7, 11) is 0. The molecule has 0 heterocycles. The Morgan fingerprint density at radius 1 is 1.20 bits per heavy atom. The maximum atomic E-state index is 11.3. The molecule has 0 radical (unpaired) electrons. The first-order valence-corrected chi connectivity index (χ1v) is 5.56. The molecule has 0 amide bonds. The lowest BCUT2D eigenvalue weighted by Gasteiger charge is -1.92. The lowest BCUT2D eigenvalue weighted by atomic mass is 10.1. The van der Waals surface area contributed by atoms with E-state index in [2.05, 4.69) is 19.9 Å². The number of allylic oxidation sites excluding steroid dienone is 6. The Labute approximate surface area is 93.6 Å². The van der Waals surface area contributed by atoms with Crippen molar-refractivity contribution in [1.82, 2.24) is 0 Å². The van der Waals surface area contributed by atoms with Crippen LogP contribution in [-0.2, 0) is 4.79 Å². The second kappa shape index (κ2) is 8.22. The third-order valence-electron chi connectivity index (χ3n) is 2.16. The molecule has 0 aromatic rings. The van der Waals surface area contributed by atoms with Gasteiger partial charge in [-0.3, -0.25) is 4.79 Å². The van der Waals surface area contributed by atoms with E-state index in [0.29, 0.717) is 6.42 Å². The van der Waals surface area contributed by atoms with Gasteiger partial charge in [0.15, 0.2) is 5.78 Å². The summed E-state index contributed by atoms with van der Waals surface area (Å²) in [5.41, 5.74) is 2.57. The smallest absolute Gasteiger partial charge is 0.155 e. The number of carbonyl (C=O) groups is 1. The quantitative estimate of drug-likeness (QED) is 0.361. The van der Waals surface area contributed by atoms with Crippen LogP contribution >= 0.6 is 0 Å². The SMILES string of the molecule is CC/C(C)=C/C=C/C(=O)CCC=C(C)C. The van der Waals surface area contributed by atoms with Gasteiger partial charge in [0, 0.05) is 6.42 Å². The van der Waals surface area contributed by atoms with Crippen molar-refractivity contribution in [2.24, 2.45) is 0 Å². The standard InChI is InChI=1S/C14H22O/c1-5-13(4)9-7-11-14(15)10-6-8-12(2)3/h7-9,11H,5-6,10H2,1-4H3/b11-7+,13-9+. The molecule has 0 aliphatic carbocycles. The van der Waals surface area contributed by atoms with Crippen LogP contribution in [0.3, 0.4) is 0 Å². The van der Waals surface area contributed by atoms with Crippen LogP contribution < -0.4 is 0 Å². The van der Waals surface area contributed by atoms with E-state index in [4.69, 9.17) is 0 Å². The summed E-state index contributed by atoms with van der Waals surface area (Å²) in [6.45, 7) is 8.27. The number of ketones is 1. The van der Waals surface area contributed by atoms with Gasteiger partial charge in [-0.05, 0) is 39.7 Å². The van der Waals surface area contributed by atoms with Gasteiger partial charge < -0.3 is 0 Å². The van der Waals surface area contributed by atoms with Crippen molar-refractivity contribution in [1.29, 1.82) is 0 Å². The third-order valence-corrected chi connectivity index (χ3v) is 2.16. The summed E-state index contributed by atoms with van der Waals surface area (Å²) >= 11 is 0. The molecule has 84 valence electrons. The molecule has 0 unspecified atom stereocenters. The van der Waals surface area contributed by atoms with Crippen molar-refractivity contribution in [2.75, 3.05) is 0 Å². The van der Waals surface area contributed by atoms with E-state index in [0.717, 1.165) is 12.8 Å². The van der Waals surface area contributed by atoms with E-state index in [1.165, 1.54) is 11.1 Å². The highest BCUT2D eigenvalue weighted by Gasteiger charge is 1.93. The monoisotopic (exact) mass is 206 g/mol. The maximum absolute atomic E-state index is 11.3. The average molecular weight is 206 g/mol. The van der Waals surface area contributed by atoms with Crippen molar-refractivity contribution >= 4 is 5.78 Å². The van der Waals surface area contributed by atoms with Crippen molar-refractivity contribution in [2.45, 2.75) is 47.0 Å². The summed E-state index contributed by atoms with van der Waals surface area (Å²) in [6, 6.07) is 0. The van der Waals surface area contributed by atoms with Crippen LogP contribution in [0.5, 0.6) is 0 Å². The predicted octanol–water partition coefficient (Wildman–Crippen LogP) is 4.21. The summed E-state index contributed by atoms with van der Waals surface area (Å²) < 4.78 is 0. The highest BCUT2D eigenvalue weighted by Crippen LogP contribution is 2.00. The average Bonchev–Trinajstić information content (AvgIpc) is 2.17. The normalized spacial score (nSPS) is 11.9. The van der Waals surface area contributed by atoms with Crippen LogP contribution in [-0.4, -0.2) is 5.78 Å². The van der Waals surface area contributed by atoms with Gasteiger partial charge in [0.25, 0.3) is 0 Å². The first-order valence-electron chi connectivity index (χ1n) is 5.56. The Morgan fingerprint density at radius 2 is 1.87 bits per heavy atom. The first kappa shape index (κ1) is 13.9. The van der Waals surface area contributed by atoms with E-state index >= 15 is 0 Å². The number of rotatable bonds is 6. The van der Waals surface area contributed by atoms with Gasteiger partial charge in [0.1, 0.15) is 0 Å². The van der Waals surface area contributed by atoms with Gasteiger partial charge in [-0.25, -0.2) is 0 Å². The minimum absolute atomic E-state index is 0.202. The molecule has 0 atom stereocenters. The maximum Gasteiger partial charge on any atom is 0.155 e. The molecule has 0 bridgehead atoms. The molecule has 0 aliphatic heterocycles. The summed E-state index contributed by atoms with van der Waals surface area (Å²) in [6.07, 6.45) is 10.1. The Balaban J connectivity index is 3.89. The van der Waals surface area contributed by atoms with E-state index in [1.807, 2.05) is 26.0 Å². The topological polar surface area (TPSA) is 17.1 Å². The van der Waals surface area contributed by atoms with Crippen molar-refractivity contribution < 1.29 is 4.79 Å². The Morgan fingerprint density at radius 3 is 2.40 bits per heavy atom. The molecule has 0 fully saturated rings. The Hall–Kier alpha value is -1.11. The van der Waals surface area contributed by atoms with Crippen LogP contribution in [0.2, 0.25) is 0 Å². The summed E-state index contributed by atoms with van der Waals surface area (Å²) in [5, 5.41) is 0. The molecule has 1 heteroatoms. The number of hydrogen-bond donors (Lipinski definition) is 0. The van der Waals surface area contributed by atoms with Crippen LogP contribution in [0.15, 0.2) is 35.5 Å². The van der Waals surface area contributed by atoms with Gasteiger partial charge in [0.2, 0.25) is 0 Å². The predicted molar refractivity (Wildman–Crippen MR) is 66.9 cm³/mol. The van der Waals surface area contributed by atoms with Gasteiger partial charge >= 0.3 is 0 Å². The molecule has 0 rings (SSSR count). The zero-order valence-corrected chi connectivity index (χ0v) is 10.3. The van der Waals surface area contributed by atoms with E-state index < -0.39 is 0 Å². The first-order chi connectivity index (χ1) is 7.06. The van der Waals surface area contributed by atoms with Crippen LogP contribution in [0.25, 0.3) is 0 Å². The number of hydrogen-bond acceptors (Lipinski definition) is 1. The Kier molecular flexibility index (Phi) is 7.61. The lowest BCUT2D eigenvalue weighted by molar-refractivity contribution is -0.114. The molecule has 0 aromatic carbocycles. The van der Waals surface area contributed by atoms with Crippen molar-refractivity contribution in [3.8, 4) is 0 Å². The van der Waals surface area contributed by atoms with Gasteiger partial charge in [0.05, 0.1) is 0 Å². The second-order valence-electron chi connectivity index (χ2n) is 4.01. The molecular formula is C14H22O. The molecule has 0 aliphatic rings. The molecule has 0 saturated heterocycles. The summed E-state index contributed by atoms with van der Waals surface area (Å²) in [5.74, 6) is 0.202. The minimum Gasteiger partial charge on any atom is -0.295 e. The zero-order chi connectivity index (χ0) is 11.7. The van der Waals surface area contributed by atoms with E-state index in [9.17, 15) is 4.79 Å². The van der Waals surface area contributed by atoms with Crippen molar-refractivity contribution in [3.63, 3.8) is 0 Å². The fraction of sp³-hybridized carbons (Fsp3) is 0.500. The van der Waals surface area contributed by atoms with Crippen LogP contribution in [0.1, 0.15) is 47.0 Å². The molecule has 0 aromatic heterocycles. The number of carbonyl (C=O) groups excluding carboxylic acids is 1. The molecule has 0 N–H and O–H groups in total. The van der Waals surface area contributed by atoms with Gasteiger partial charge in [-0.2, -0.15) is 0 Å². The fourth-order valence-electron chi connectivity index (χ4n) is 1.02.